The summed E-state index contributed by atoms with van der Waals surface area (Å²) in [7, 11) is 3.82. The fraction of sp³-hybridized carbons (Fsp3) is 0.650. The molecule has 140 valence electrons. The summed E-state index contributed by atoms with van der Waals surface area (Å²) in [5.74, 6) is 1.53. The van der Waals surface area contributed by atoms with Crippen LogP contribution in [0.25, 0.3) is 0 Å². The van der Waals surface area contributed by atoms with Crippen molar-refractivity contribution in [3.8, 4) is 5.75 Å². The second-order valence-electron chi connectivity index (χ2n) is 7.45. The van der Waals surface area contributed by atoms with Crippen LogP contribution < -0.4 is 4.74 Å². The minimum atomic E-state index is 0.231. The molecule has 1 aliphatic heterocycles. The number of rotatable bonds is 7. The van der Waals surface area contributed by atoms with E-state index in [2.05, 4.69) is 30.7 Å². The monoisotopic (exact) mass is 347 g/mol. The maximum atomic E-state index is 12.9. The molecule has 0 radical (unpaired) electrons. The third-order valence-corrected chi connectivity index (χ3v) is 4.64. The largest absolute Gasteiger partial charge is 0.497 e. The SMILES string of the molecule is COc1ccc(CN(CC(C)C)C(=O)CN2CCCN(C)CC2)cc1. The lowest BCUT2D eigenvalue weighted by Gasteiger charge is -2.28. The van der Waals surface area contributed by atoms with Gasteiger partial charge in [-0.1, -0.05) is 26.0 Å². The van der Waals surface area contributed by atoms with Gasteiger partial charge in [0.2, 0.25) is 5.91 Å². The molecule has 1 heterocycles. The van der Waals surface area contributed by atoms with Gasteiger partial charge >= 0.3 is 0 Å². The Hall–Kier alpha value is -1.59. The average molecular weight is 348 g/mol. The Kier molecular flexibility index (Phi) is 7.72. The zero-order valence-corrected chi connectivity index (χ0v) is 16.2. The summed E-state index contributed by atoms with van der Waals surface area (Å²) in [4.78, 5) is 19.6. The zero-order chi connectivity index (χ0) is 18.2. The molecular weight excluding hydrogens is 314 g/mol. The molecule has 0 spiro atoms. The number of hydrogen-bond acceptors (Lipinski definition) is 4. The maximum Gasteiger partial charge on any atom is 0.237 e. The number of hydrogen-bond donors (Lipinski definition) is 0. The van der Waals surface area contributed by atoms with E-state index in [0.717, 1.165) is 50.5 Å². The first-order valence-electron chi connectivity index (χ1n) is 9.29. The van der Waals surface area contributed by atoms with Crippen LogP contribution in [-0.4, -0.2) is 74.0 Å². The maximum absolute atomic E-state index is 12.9. The van der Waals surface area contributed by atoms with Gasteiger partial charge in [-0.05, 0) is 50.2 Å². The summed E-state index contributed by atoms with van der Waals surface area (Å²) in [6, 6.07) is 8.00. The molecule has 1 amide bonds. The molecule has 25 heavy (non-hydrogen) atoms. The molecule has 0 atom stereocenters. The smallest absolute Gasteiger partial charge is 0.237 e. The number of benzene rings is 1. The molecule has 0 aliphatic carbocycles. The first kappa shape index (κ1) is 19.7. The third kappa shape index (κ3) is 6.67. The first-order chi connectivity index (χ1) is 12.0. The minimum absolute atomic E-state index is 0.231. The van der Waals surface area contributed by atoms with Gasteiger partial charge in [0.1, 0.15) is 5.75 Å². The lowest BCUT2D eigenvalue weighted by atomic mass is 10.1. The zero-order valence-electron chi connectivity index (χ0n) is 16.2. The van der Waals surface area contributed by atoms with E-state index in [0.29, 0.717) is 19.0 Å². The van der Waals surface area contributed by atoms with Crippen molar-refractivity contribution < 1.29 is 9.53 Å². The van der Waals surface area contributed by atoms with Crippen molar-refractivity contribution in [3.63, 3.8) is 0 Å². The molecule has 0 unspecified atom stereocenters. The Bertz CT molecular complexity index is 530. The molecule has 1 saturated heterocycles. The van der Waals surface area contributed by atoms with Crippen molar-refractivity contribution in [2.45, 2.75) is 26.8 Å². The van der Waals surface area contributed by atoms with E-state index >= 15 is 0 Å². The highest BCUT2D eigenvalue weighted by Gasteiger charge is 2.20. The van der Waals surface area contributed by atoms with Crippen LogP contribution in [-0.2, 0) is 11.3 Å². The first-order valence-corrected chi connectivity index (χ1v) is 9.29. The van der Waals surface area contributed by atoms with E-state index in [4.69, 9.17) is 4.74 Å². The molecule has 1 fully saturated rings. The number of ether oxygens (including phenoxy) is 1. The van der Waals surface area contributed by atoms with Crippen molar-refractivity contribution in [1.82, 2.24) is 14.7 Å². The van der Waals surface area contributed by atoms with Crippen molar-refractivity contribution in [2.24, 2.45) is 5.92 Å². The summed E-state index contributed by atoms with van der Waals surface area (Å²) >= 11 is 0. The molecule has 1 aromatic rings. The Labute approximate surface area is 152 Å². The third-order valence-electron chi connectivity index (χ3n) is 4.64. The van der Waals surface area contributed by atoms with E-state index in [1.807, 2.05) is 29.2 Å². The minimum Gasteiger partial charge on any atom is -0.497 e. The highest BCUT2D eigenvalue weighted by Crippen LogP contribution is 2.14. The molecule has 0 bridgehead atoms. The molecule has 0 saturated carbocycles. The van der Waals surface area contributed by atoms with E-state index in [1.54, 1.807) is 7.11 Å². The van der Waals surface area contributed by atoms with Gasteiger partial charge < -0.3 is 14.5 Å². The quantitative estimate of drug-likeness (QED) is 0.758. The van der Waals surface area contributed by atoms with Gasteiger partial charge in [0.15, 0.2) is 0 Å². The summed E-state index contributed by atoms with van der Waals surface area (Å²) in [6.07, 6.45) is 1.13. The second kappa shape index (κ2) is 9.78. The van der Waals surface area contributed by atoms with Crippen LogP contribution in [0, 0.1) is 5.92 Å². The molecule has 0 N–H and O–H groups in total. The number of methoxy groups -OCH3 is 1. The van der Waals surface area contributed by atoms with Crippen LogP contribution in [0.2, 0.25) is 0 Å². The predicted molar refractivity (Wildman–Crippen MR) is 102 cm³/mol. The van der Waals surface area contributed by atoms with Crippen LogP contribution >= 0.6 is 0 Å². The van der Waals surface area contributed by atoms with Crippen molar-refractivity contribution >= 4 is 5.91 Å². The van der Waals surface area contributed by atoms with Gasteiger partial charge in [-0.15, -0.1) is 0 Å². The molecular formula is C20H33N3O2. The van der Waals surface area contributed by atoms with Gasteiger partial charge in [-0.25, -0.2) is 0 Å². The summed E-state index contributed by atoms with van der Waals surface area (Å²) in [5, 5.41) is 0. The molecule has 5 heteroatoms. The second-order valence-corrected chi connectivity index (χ2v) is 7.45. The van der Waals surface area contributed by atoms with Gasteiger partial charge in [0, 0.05) is 26.2 Å². The molecule has 0 aromatic heterocycles. The summed E-state index contributed by atoms with van der Waals surface area (Å²) in [5.41, 5.74) is 1.14. The predicted octanol–water partition coefficient (Wildman–Crippen LogP) is 2.32. The number of nitrogens with zero attached hydrogens (tertiary/aromatic N) is 3. The van der Waals surface area contributed by atoms with Crippen molar-refractivity contribution in [3.05, 3.63) is 29.8 Å². The lowest BCUT2D eigenvalue weighted by Crippen LogP contribution is -2.42. The average Bonchev–Trinajstić information content (AvgIpc) is 2.79. The Morgan fingerprint density at radius 2 is 1.88 bits per heavy atom. The van der Waals surface area contributed by atoms with Gasteiger partial charge in [-0.3, -0.25) is 9.69 Å². The topological polar surface area (TPSA) is 36.0 Å². The lowest BCUT2D eigenvalue weighted by molar-refractivity contribution is -0.133. The molecule has 1 aliphatic rings. The van der Waals surface area contributed by atoms with Crippen molar-refractivity contribution in [1.29, 1.82) is 0 Å². The Morgan fingerprint density at radius 1 is 1.16 bits per heavy atom. The number of carbonyl (C=O) groups excluding carboxylic acids is 1. The highest BCUT2D eigenvalue weighted by molar-refractivity contribution is 5.78. The number of amides is 1. The standard InChI is InChI=1S/C20H33N3O2/c1-17(2)14-23(15-18-6-8-19(25-4)9-7-18)20(24)16-22-11-5-10-21(3)12-13-22/h6-9,17H,5,10-16H2,1-4H3. The van der Waals surface area contributed by atoms with E-state index in [9.17, 15) is 4.79 Å². The van der Waals surface area contributed by atoms with E-state index < -0.39 is 0 Å². The van der Waals surface area contributed by atoms with E-state index in [-0.39, 0.29) is 5.91 Å². The summed E-state index contributed by atoms with van der Waals surface area (Å²) < 4.78 is 5.22. The normalized spacial score (nSPS) is 16.7. The van der Waals surface area contributed by atoms with Crippen LogP contribution in [0.4, 0.5) is 0 Å². The molecule has 1 aromatic carbocycles. The Morgan fingerprint density at radius 3 is 2.52 bits per heavy atom. The fourth-order valence-electron chi connectivity index (χ4n) is 3.20. The van der Waals surface area contributed by atoms with Crippen LogP contribution in [0.3, 0.4) is 0 Å². The Balaban J connectivity index is 1.98. The van der Waals surface area contributed by atoms with Crippen LogP contribution in [0.5, 0.6) is 5.75 Å². The number of carbonyl (C=O) groups is 1. The fourth-order valence-corrected chi connectivity index (χ4v) is 3.20. The van der Waals surface area contributed by atoms with Gasteiger partial charge in [0.05, 0.1) is 13.7 Å². The molecule has 2 rings (SSSR count). The number of likely N-dealkylation sites (N-methyl/N-ethyl adjacent to an activating group) is 1. The van der Waals surface area contributed by atoms with Crippen molar-refractivity contribution in [2.75, 3.05) is 53.4 Å². The van der Waals surface area contributed by atoms with Gasteiger partial charge in [0.25, 0.3) is 0 Å². The highest BCUT2D eigenvalue weighted by atomic mass is 16.5. The summed E-state index contributed by atoms with van der Waals surface area (Å²) in [6.45, 7) is 10.4. The van der Waals surface area contributed by atoms with Gasteiger partial charge in [-0.2, -0.15) is 0 Å². The van der Waals surface area contributed by atoms with Crippen LogP contribution in [0.1, 0.15) is 25.8 Å². The van der Waals surface area contributed by atoms with Crippen LogP contribution in [0.15, 0.2) is 24.3 Å². The van der Waals surface area contributed by atoms with E-state index in [1.165, 1.54) is 0 Å². The molecule has 5 nitrogen and oxygen atoms in total.